The number of hydrogen-bond acceptors (Lipinski definition) is 6. The van der Waals surface area contributed by atoms with Gasteiger partial charge in [-0.05, 0) is 11.6 Å². The van der Waals surface area contributed by atoms with Crippen LogP contribution in [0.1, 0.15) is 5.56 Å². The zero-order valence-corrected chi connectivity index (χ0v) is 16.1. The van der Waals surface area contributed by atoms with E-state index in [2.05, 4.69) is 20.3 Å². The normalized spacial score (nSPS) is 13.1. The lowest BCUT2D eigenvalue weighted by Crippen LogP contribution is -2.24. The van der Waals surface area contributed by atoms with Crippen molar-refractivity contribution in [3.05, 3.63) is 46.5 Å². The van der Waals surface area contributed by atoms with Gasteiger partial charge in [-0.1, -0.05) is 23.5 Å². The summed E-state index contributed by atoms with van der Waals surface area (Å²) in [6, 6.07) is 5.83. The molecule has 1 unspecified atom stereocenters. The smallest absolute Gasteiger partial charge is 0.303 e. The number of aryl methyl sites for hydroxylation is 1. The lowest BCUT2D eigenvalue weighted by Gasteiger charge is -2.07. The molecule has 4 heterocycles. The first kappa shape index (κ1) is 16.5. The Kier molecular flexibility index (Phi) is 3.61. The molecule has 0 fully saturated rings. The van der Waals surface area contributed by atoms with Crippen LogP contribution in [0.5, 0.6) is 0 Å². The minimum atomic E-state index is -1.16. The summed E-state index contributed by atoms with van der Waals surface area (Å²) in [5.41, 5.74) is 2.92. The maximum absolute atomic E-state index is 13.1. The van der Waals surface area contributed by atoms with Gasteiger partial charge in [0.1, 0.15) is 11.8 Å². The van der Waals surface area contributed by atoms with Gasteiger partial charge in [-0.2, -0.15) is 15.2 Å². The molecular weight excluding hydrogens is 384 g/mol. The number of rotatable bonds is 3. The standard InChI is InChI=1S/C17H14N6O2S2/c1-22-13-11(14-15(22)20-17(26-14)27(2)25)7-19-23(16(13)24)8-9-4-3-5-12-10(9)6-18-21-12/h3-7H,8H2,1-2H3,(H,18,21). The number of thiazole rings is 1. The summed E-state index contributed by atoms with van der Waals surface area (Å²) < 4.78 is 16.3. The molecule has 0 saturated carbocycles. The van der Waals surface area contributed by atoms with Crippen molar-refractivity contribution in [2.45, 2.75) is 10.9 Å². The first-order valence-electron chi connectivity index (χ1n) is 8.14. The quantitative estimate of drug-likeness (QED) is 0.468. The first-order valence-corrected chi connectivity index (χ1v) is 10.5. The zero-order valence-electron chi connectivity index (χ0n) is 14.5. The fraction of sp³-hybridized carbons (Fsp3) is 0.176. The fourth-order valence-corrected chi connectivity index (χ4v) is 5.11. The van der Waals surface area contributed by atoms with E-state index in [1.807, 2.05) is 18.2 Å². The molecule has 0 amide bonds. The highest BCUT2D eigenvalue weighted by molar-refractivity contribution is 7.92. The van der Waals surface area contributed by atoms with E-state index in [0.29, 0.717) is 22.0 Å². The maximum atomic E-state index is 13.1. The van der Waals surface area contributed by atoms with Crippen LogP contribution in [0.25, 0.3) is 32.2 Å². The van der Waals surface area contributed by atoms with Gasteiger partial charge in [0.15, 0.2) is 5.65 Å². The minimum Gasteiger partial charge on any atom is -0.610 e. The largest absolute Gasteiger partial charge is 0.610 e. The monoisotopic (exact) mass is 398 g/mol. The molecule has 0 aliphatic carbocycles. The van der Waals surface area contributed by atoms with Gasteiger partial charge in [0.05, 0.1) is 29.2 Å². The van der Waals surface area contributed by atoms with Crippen LogP contribution < -0.4 is 5.56 Å². The second-order valence-electron chi connectivity index (χ2n) is 6.26. The van der Waals surface area contributed by atoms with E-state index in [1.165, 1.54) is 16.0 Å². The molecule has 1 atom stereocenters. The van der Waals surface area contributed by atoms with E-state index in [9.17, 15) is 9.35 Å². The average molecular weight is 398 g/mol. The number of aromatic nitrogens is 6. The molecule has 0 aliphatic rings. The van der Waals surface area contributed by atoms with Crippen molar-refractivity contribution in [3.8, 4) is 0 Å². The van der Waals surface area contributed by atoms with Gasteiger partial charge in [0.25, 0.3) is 5.56 Å². The number of H-pyrrole nitrogens is 1. The molecule has 0 aliphatic heterocycles. The van der Waals surface area contributed by atoms with Crippen LogP contribution in [0.15, 0.2) is 39.7 Å². The van der Waals surface area contributed by atoms with Gasteiger partial charge >= 0.3 is 4.34 Å². The van der Waals surface area contributed by atoms with Crippen LogP contribution >= 0.6 is 11.3 Å². The SMILES string of the molecule is Cn1c2nc([S+](C)[O-])sc2c2cnn(Cc3cccc4[nH]ncc34)c(=O)c21. The van der Waals surface area contributed by atoms with Gasteiger partial charge < -0.3 is 9.12 Å². The van der Waals surface area contributed by atoms with E-state index >= 15 is 0 Å². The predicted molar refractivity (Wildman–Crippen MR) is 106 cm³/mol. The van der Waals surface area contributed by atoms with Crippen molar-refractivity contribution < 1.29 is 4.55 Å². The van der Waals surface area contributed by atoms with Crippen molar-refractivity contribution >= 4 is 54.7 Å². The number of benzene rings is 1. The van der Waals surface area contributed by atoms with Crippen LogP contribution in [0.4, 0.5) is 0 Å². The molecule has 10 heteroatoms. The van der Waals surface area contributed by atoms with E-state index in [1.54, 1.807) is 30.3 Å². The van der Waals surface area contributed by atoms with E-state index < -0.39 is 11.2 Å². The molecule has 0 bridgehead atoms. The molecule has 27 heavy (non-hydrogen) atoms. The Bertz CT molecular complexity index is 1380. The summed E-state index contributed by atoms with van der Waals surface area (Å²) in [6.45, 7) is 0.349. The Morgan fingerprint density at radius 2 is 2.15 bits per heavy atom. The topological polar surface area (TPSA) is 104 Å². The third kappa shape index (κ3) is 2.41. The van der Waals surface area contributed by atoms with Crippen molar-refractivity contribution in [2.75, 3.05) is 6.26 Å². The molecule has 5 aromatic rings. The lowest BCUT2D eigenvalue weighted by molar-refractivity contribution is 0.600. The lowest BCUT2D eigenvalue weighted by atomic mass is 10.1. The average Bonchev–Trinajstić information content (AvgIpc) is 3.34. The summed E-state index contributed by atoms with van der Waals surface area (Å²) >= 11 is 0.189. The molecule has 0 saturated heterocycles. The number of fused-ring (bicyclic) bond motifs is 4. The Labute approximate surface area is 159 Å². The van der Waals surface area contributed by atoms with Gasteiger partial charge in [-0.3, -0.25) is 9.89 Å². The maximum Gasteiger partial charge on any atom is 0.303 e. The van der Waals surface area contributed by atoms with Gasteiger partial charge in [0, 0.05) is 29.0 Å². The number of nitrogens with one attached hydrogen (secondary N) is 1. The highest BCUT2D eigenvalue weighted by Gasteiger charge is 2.21. The van der Waals surface area contributed by atoms with Crippen LogP contribution in [0.3, 0.4) is 0 Å². The fourth-order valence-electron chi connectivity index (χ4n) is 3.33. The first-order chi connectivity index (χ1) is 13.0. The molecule has 4 aromatic heterocycles. The van der Waals surface area contributed by atoms with Crippen LogP contribution in [-0.2, 0) is 24.8 Å². The number of aromatic amines is 1. The van der Waals surface area contributed by atoms with Crippen molar-refractivity contribution in [2.24, 2.45) is 7.05 Å². The van der Waals surface area contributed by atoms with Crippen molar-refractivity contribution in [1.29, 1.82) is 0 Å². The van der Waals surface area contributed by atoms with E-state index in [0.717, 1.165) is 26.6 Å². The second kappa shape index (κ2) is 5.91. The highest BCUT2D eigenvalue weighted by Crippen LogP contribution is 2.32. The van der Waals surface area contributed by atoms with E-state index in [-0.39, 0.29) is 5.56 Å². The van der Waals surface area contributed by atoms with Gasteiger partial charge in [-0.15, -0.1) is 0 Å². The Hall–Kier alpha value is -2.69. The third-order valence-corrected chi connectivity index (χ3v) is 7.06. The van der Waals surface area contributed by atoms with Gasteiger partial charge in [0.2, 0.25) is 0 Å². The molecular formula is C17H14N6O2S2. The second-order valence-corrected chi connectivity index (χ2v) is 8.82. The van der Waals surface area contributed by atoms with E-state index in [4.69, 9.17) is 0 Å². The van der Waals surface area contributed by atoms with Crippen LogP contribution in [-0.4, -0.2) is 40.3 Å². The number of hydrogen-bond donors (Lipinski definition) is 1. The van der Waals surface area contributed by atoms with Crippen LogP contribution in [0.2, 0.25) is 0 Å². The Morgan fingerprint density at radius 1 is 1.30 bits per heavy atom. The van der Waals surface area contributed by atoms with Crippen LogP contribution in [0, 0.1) is 0 Å². The minimum absolute atomic E-state index is 0.181. The molecule has 0 spiro atoms. The van der Waals surface area contributed by atoms with Crippen molar-refractivity contribution in [1.82, 2.24) is 29.5 Å². The highest BCUT2D eigenvalue weighted by atomic mass is 32.2. The summed E-state index contributed by atoms with van der Waals surface area (Å²) in [5.74, 6) is 0. The molecule has 136 valence electrons. The summed E-state index contributed by atoms with van der Waals surface area (Å²) in [7, 11) is 1.80. The Balaban J connectivity index is 1.68. The summed E-state index contributed by atoms with van der Waals surface area (Å²) in [6.07, 6.45) is 5.04. The predicted octanol–water partition coefficient (Wildman–Crippen LogP) is 2.01. The summed E-state index contributed by atoms with van der Waals surface area (Å²) in [5, 5.41) is 13.1. The Morgan fingerprint density at radius 3 is 2.96 bits per heavy atom. The zero-order chi connectivity index (χ0) is 18.7. The third-order valence-electron chi connectivity index (χ3n) is 4.65. The number of nitrogens with zero attached hydrogens (tertiary/aromatic N) is 5. The summed E-state index contributed by atoms with van der Waals surface area (Å²) in [4.78, 5) is 17.5. The molecule has 8 nitrogen and oxygen atoms in total. The molecule has 1 N–H and O–H groups in total. The molecule has 0 radical (unpaired) electrons. The van der Waals surface area contributed by atoms with Gasteiger partial charge in [-0.25, -0.2) is 4.68 Å². The molecule has 1 aromatic carbocycles. The van der Waals surface area contributed by atoms with Crippen molar-refractivity contribution in [3.63, 3.8) is 0 Å². The molecule has 5 rings (SSSR count).